The largest absolute Gasteiger partial charge is 0.337 e. The molecule has 24 heavy (non-hydrogen) atoms. The second-order valence-electron chi connectivity index (χ2n) is 7.00. The van der Waals surface area contributed by atoms with Crippen LogP contribution in [0.1, 0.15) is 35.2 Å². The van der Waals surface area contributed by atoms with E-state index in [1.165, 1.54) is 18.4 Å². The Labute approximate surface area is 142 Å². The number of carbonyl (C=O) groups is 1. The number of likely N-dealkylation sites (tertiary alicyclic amines) is 1. The molecular formula is C19H24N4O. The molecule has 2 aliphatic heterocycles. The molecule has 0 aliphatic carbocycles. The first kappa shape index (κ1) is 15.4. The average molecular weight is 324 g/mol. The van der Waals surface area contributed by atoms with Crippen LogP contribution in [0.2, 0.25) is 0 Å². The number of aromatic nitrogens is 2. The van der Waals surface area contributed by atoms with E-state index in [1.807, 2.05) is 34.0 Å². The second-order valence-corrected chi connectivity index (χ2v) is 7.00. The molecule has 2 atom stereocenters. The third-order valence-corrected chi connectivity index (χ3v) is 5.50. The average Bonchev–Trinajstić information content (AvgIpc) is 3.13. The number of fused-ring (bicyclic) bond motifs is 2. The number of rotatable bonds is 3. The van der Waals surface area contributed by atoms with Gasteiger partial charge in [-0.15, -0.1) is 0 Å². The molecule has 5 nitrogen and oxygen atoms in total. The van der Waals surface area contributed by atoms with Gasteiger partial charge in [0.15, 0.2) is 0 Å². The van der Waals surface area contributed by atoms with Gasteiger partial charge in [0, 0.05) is 31.4 Å². The number of benzene rings is 1. The fourth-order valence-electron chi connectivity index (χ4n) is 4.01. The van der Waals surface area contributed by atoms with Crippen molar-refractivity contribution in [3.63, 3.8) is 0 Å². The molecule has 2 aliphatic rings. The minimum atomic E-state index is 0.121. The van der Waals surface area contributed by atoms with E-state index in [0.29, 0.717) is 24.2 Å². The lowest BCUT2D eigenvalue weighted by Crippen LogP contribution is -2.39. The van der Waals surface area contributed by atoms with Gasteiger partial charge in [-0.3, -0.25) is 14.4 Å². The Morgan fingerprint density at radius 3 is 2.79 bits per heavy atom. The van der Waals surface area contributed by atoms with E-state index in [9.17, 15) is 4.79 Å². The maximum atomic E-state index is 12.9. The van der Waals surface area contributed by atoms with E-state index < -0.39 is 0 Å². The van der Waals surface area contributed by atoms with E-state index in [-0.39, 0.29) is 5.91 Å². The van der Waals surface area contributed by atoms with Crippen molar-refractivity contribution in [1.29, 1.82) is 0 Å². The summed E-state index contributed by atoms with van der Waals surface area (Å²) in [6.45, 7) is 2.39. The van der Waals surface area contributed by atoms with Crippen molar-refractivity contribution >= 4 is 5.91 Å². The van der Waals surface area contributed by atoms with Gasteiger partial charge in [0.1, 0.15) is 0 Å². The van der Waals surface area contributed by atoms with E-state index in [2.05, 4.69) is 29.2 Å². The number of hydrogen-bond donors (Lipinski definition) is 0. The molecule has 2 aromatic rings. The van der Waals surface area contributed by atoms with Gasteiger partial charge in [0.05, 0.1) is 18.3 Å². The topological polar surface area (TPSA) is 41.4 Å². The fraction of sp³-hybridized carbons (Fsp3) is 0.474. The van der Waals surface area contributed by atoms with Crippen LogP contribution in [0.3, 0.4) is 0 Å². The number of amides is 1. The van der Waals surface area contributed by atoms with Crippen molar-refractivity contribution in [1.82, 2.24) is 19.6 Å². The summed E-state index contributed by atoms with van der Waals surface area (Å²) in [5.74, 6) is 0.121. The first-order valence-electron chi connectivity index (χ1n) is 8.78. The summed E-state index contributed by atoms with van der Waals surface area (Å²) in [4.78, 5) is 17.3. The van der Waals surface area contributed by atoms with Gasteiger partial charge in [-0.2, -0.15) is 5.10 Å². The summed E-state index contributed by atoms with van der Waals surface area (Å²) in [5.41, 5.74) is 1.89. The van der Waals surface area contributed by atoms with Gasteiger partial charge in [-0.25, -0.2) is 0 Å². The molecule has 0 unspecified atom stereocenters. The molecule has 4 rings (SSSR count). The Morgan fingerprint density at radius 1 is 1.17 bits per heavy atom. The quantitative estimate of drug-likeness (QED) is 0.869. The maximum Gasteiger partial charge on any atom is 0.257 e. The van der Waals surface area contributed by atoms with Crippen molar-refractivity contribution < 1.29 is 4.79 Å². The molecule has 0 spiro atoms. The summed E-state index contributed by atoms with van der Waals surface area (Å²) in [7, 11) is 2.20. The highest BCUT2D eigenvalue weighted by molar-refractivity contribution is 5.93. The zero-order valence-corrected chi connectivity index (χ0v) is 14.1. The standard InChI is InChI=1S/C19H24N4O/c1-21-17-7-8-18(21)14-22(10-9-17)19(24)16-11-20-23(13-16)12-15-5-3-2-4-6-15/h2-6,11,13,17-18H,7-10,12,14H2,1H3/t17-,18+/m0/s1. The van der Waals surface area contributed by atoms with Crippen molar-refractivity contribution in [3.8, 4) is 0 Å². The van der Waals surface area contributed by atoms with Crippen LogP contribution in [0.15, 0.2) is 42.7 Å². The predicted octanol–water partition coefficient (Wildman–Crippen LogP) is 2.24. The molecule has 0 N–H and O–H groups in total. The third kappa shape index (κ3) is 2.96. The smallest absolute Gasteiger partial charge is 0.257 e. The molecule has 3 heterocycles. The van der Waals surface area contributed by atoms with Crippen LogP contribution in [0.5, 0.6) is 0 Å². The summed E-state index contributed by atoms with van der Waals surface area (Å²) in [6.07, 6.45) is 7.15. The van der Waals surface area contributed by atoms with Gasteiger partial charge in [-0.1, -0.05) is 30.3 Å². The molecule has 0 saturated carbocycles. The summed E-state index contributed by atoms with van der Waals surface area (Å²) in [5, 5.41) is 4.37. The molecule has 1 aromatic carbocycles. The summed E-state index contributed by atoms with van der Waals surface area (Å²) < 4.78 is 1.85. The highest BCUT2D eigenvalue weighted by Crippen LogP contribution is 2.29. The Bertz CT molecular complexity index is 711. The Morgan fingerprint density at radius 2 is 1.96 bits per heavy atom. The number of carbonyl (C=O) groups excluding carboxylic acids is 1. The lowest BCUT2D eigenvalue weighted by molar-refractivity contribution is 0.0740. The number of likely N-dealkylation sites (N-methyl/N-ethyl adjacent to an activating group) is 1. The molecule has 126 valence electrons. The Balaban J connectivity index is 1.45. The zero-order valence-electron chi connectivity index (χ0n) is 14.1. The molecule has 5 heteroatoms. The Hall–Kier alpha value is -2.14. The van der Waals surface area contributed by atoms with Crippen LogP contribution in [0.25, 0.3) is 0 Å². The second kappa shape index (κ2) is 6.40. The highest BCUT2D eigenvalue weighted by Gasteiger charge is 2.36. The molecular weight excluding hydrogens is 300 g/mol. The zero-order chi connectivity index (χ0) is 16.5. The number of nitrogens with zero attached hydrogens (tertiary/aromatic N) is 4. The molecule has 2 fully saturated rings. The lowest BCUT2D eigenvalue weighted by atomic mass is 10.1. The van der Waals surface area contributed by atoms with Crippen LogP contribution in [0.4, 0.5) is 0 Å². The van der Waals surface area contributed by atoms with Crippen molar-refractivity contribution in [2.75, 3.05) is 20.1 Å². The summed E-state index contributed by atoms with van der Waals surface area (Å²) >= 11 is 0. The highest BCUT2D eigenvalue weighted by atomic mass is 16.2. The van der Waals surface area contributed by atoms with Gasteiger partial charge in [-0.05, 0) is 31.9 Å². The number of hydrogen-bond acceptors (Lipinski definition) is 3. The van der Waals surface area contributed by atoms with Gasteiger partial charge < -0.3 is 4.90 Å². The van der Waals surface area contributed by atoms with Gasteiger partial charge in [0.2, 0.25) is 0 Å². The van der Waals surface area contributed by atoms with Crippen LogP contribution in [-0.2, 0) is 6.54 Å². The van der Waals surface area contributed by atoms with Crippen molar-refractivity contribution in [2.45, 2.75) is 37.9 Å². The van der Waals surface area contributed by atoms with Gasteiger partial charge in [0.25, 0.3) is 5.91 Å². The molecule has 2 bridgehead atoms. The van der Waals surface area contributed by atoms with Gasteiger partial charge >= 0.3 is 0 Å². The minimum absolute atomic E-state index is 0.121. The van der Waals surface area contributed by atoms with Crippen LogP contribution >= 0.6 is 0 Å². The van der Waals surface area contributed by atoms with E-state index in [1.54, 1.807) is 6.20 Å². The van der Waals surface area contributed by atoms with E-state index >= 15 is 0 Å². The van der Waals surface area contributed by atoms with Crippen LogP contribution < -0.4 is 0 Å². The SMILES string of the molecule is CN1[C@H]2CC[C@@H]1CN(C(=O)c1cnn(Cc3ccccc3)c1)CC2. The first-order chi connectivity index (χ1) is 11.7. The van der Waals surface area contributed by atoms with E-state index in [0.717, 1.165) is 19.5 Å². The monoisotopic (exact) mass is 324 g/mol. The predicted molar refractivity (Wildman–Crippen MR) is 92.9 cm³/mol. The molecule has 1 aromatic heterocycles. The normalized spacial score (nSPS) is 24.1. The molecule has 2 saturated heterocycles. The van der Waals surface area contributed by atoms with E-state index in [4.69, 9.17) is 0 Å². The minimum Gasteiger partial charge on any atom is -0.337 e. The molecule has 1 amide bonds. The Kier molecular flexibility index (Phi) is 4.10. The van der Waals surface area contributed by atoms with Crippen molar-refractivity contribution in [2.24, 2.45) is 0 Å². The van der Waals surface area contributed by atoms with Crippen molar-refractivity contribution in [3.05, 3.63) is 53.9 Å². The third-order valence-electron chi connectivity index (χ3n) is 5.50. The summed E-state index contributed by atoms with van der Waals surface area (Å²) in [6, 6.07) is 11.4. The van der Waals surface area contributed by atoms with Crippen LogP contribution in [-0.4, -0.2) is 57.7 Å². The first-order valence-corrected chi connectivity index (χ1v) is 8.78. The maximum absolute atomic E-state index is 12.9. The van der Waals surface area contributed by atoms with Crippen LogP contribution in [0, 0.1) is 0 Å². The lowest BCUT2D eigenvalue weighted by Gasteiger charge is -2.25. The fourth-order valence-corrected chi connectivity index (χ4v) is 4.01. The molecule has 0 radical (unpaired) electrons.